The van der Waals surface area contributed by atoms with Gasteiger partial charge in [0.2, 0.25) is 0 Å². The summed E-state index contributed by atoms with van der Waals surface area (Å²) >= 11 is 0. The first-order chi connectivity index (χ1) is 11.0. The first-order valence-electron chi connectivity index (χ1n) is 6.42. The maximum atomic E-state index is 12.0. The van der Waals surface area contributed by atoms with Crippen LogP contribution in [0.4, 0.5) is 0 Å². The average Bonchev–Trinajstić information content (AvgIpc) is 2.50. The van der Waals surface area contributed by atoms with Crippen LogP contribution in [0.5, 0.6) is 23.0 Å². The average molecular weight is 318 g/mol. The van der Waals surface area contributed by atoms with Gasteiger partial charge in [0.25, 0.3) is 0 Å². The van der Waals surface area contributed by atoms with Crippen LogP contribution in [0.25, 0.3) is 22.3 Å². The summed E-state index contributed by atoms with van der Waals surface area (Å²) < 4.78 is 5.47. The highest BCUT2D eigenvalue weighted by atomic mass is 16.3. The van der Waals surface area contributed by atoms with E-state index in [1.165, 1.54) is 24.3 Å². The van der Waals surface area contributed by atoms with E-state index in [0.29, 0.717) is 5.56 Å². The van der Waals surface area contributed by atoms with Crippen molar-refractivity contribution in [2.75, 3.05) is 7.11 Å². The summed E-state index contributed by atoms with van der Waals surface area (Å²) in [5, 5.41) is 44.9. The number of hydrogen-bond donors (Lipinski definition) is 5. The van der Waals surface area contributed by atoms with E-state index in [1.54, 1.807) is 0 Å². The normalized spacial score (nSPS) is 10.2. The second-order valence-corrected chi connectivity index (χ2v) is 4.52. The van der Waals surface area contributed by atoms with Gasteiger partial charge in [0.15, 0.2) is 16.9 Å². The number of aliphatic hydroxyl groups is 1. The Balaban J connectivity index is 0.000000924. The minimum atomic E-state index is -0.490. The summed E-state index contributed by atoms with van der Waals surface area (Å²) in [5.74, 6) is -1.13. The number of phenolic OH excluding ortho intramolecular Hbond substituents is 4. The van der Waals surface area contributed by atoms with Crippen LogP contribution in [-0.2, 0) is 0 Å². The Kier molecular flexibility index (Phi) is 4.42. The Morgan fingerprint density at radius 3 is 2.17 bits per heavy atom. The van der Waals surface area contributed by atoms with Crippen LogP contribution in [0.3, 0.4) is 0 Å². The van der Waals surface area contributed by atoms with Gasteiger partial charge < -0.3 is 29.9 Å². The summed E-state index contributed by atoms with van der Waals surface area (Å²) in [6.45, 7) is 0. The van der Waals surface area contributed by atoms with E-state index in [2.05, 4.69) is 0 Å². The minimum Gasteiger partial charge on any atom is -0.508 e. The van der Waals surface area contributed by atoms with Crippen LogP contribution in [0.1, 0.15) is 0 Å². The molecule has 7 heteroatoms. The molecular formula is C16H14O7. The molecule has 0 amide bonds. The number of hydrogen-bond acceptors (Lipinski definition) is 7. The number of aromatic hydroxyl groups is 4. The van der Waals surface area contributed by atoms with Gasteiger partial charge in [-0.3, -0.25) is 4.79 Å². The van der Waals surface area contributed by atoms with Crippen LogP contribution in [0.15, 0.2) is 45.6 Å². The fraction of sp³-hybridized carbons (Fsp3) is 0.0625. The number of aliphatic hydroxyl groups excluding tert-OH is 1. The van der Waals surface area contributed by atoms with Crippen molar-refractivity contribution >= 4 is 11.0 Å². The molecule has 1 heterocycles. The van der Waals surface area contributed by atoms with Gasteiger partial charge in [-0.15, -0.1) is 0 Å². The second kappa shape index (κ2) is 6.29. The molecular weight excluding hydrogens is 304 g/mol. The van der Waals surface area contributed by atoms with E-state index < -0.39 is 5.43 Å². The van der Waals surface area contributed by atoms with Gasteiger partial charge in [-0.25, -0.2) is 0 Å². The molecule has 3 rings (SSSR count). The summed E-state index contributed by atoms with van der Waals surface area (Å²) in [6, 6.07) is 7.37. The third-order valence-corrected chi connectivity index (χ3v) is 3.05. The first-order valence-corrected chi connectivity index (χ1v) is 6.42. The number of phenols is 4. The molecule has 0 atom stereocenters. The third-order valence-electron chi connectivity index (χ3n) is 3.05. The molecule has 7 nitrogen and oxygen atoms in total. The Bertz CT molecular complexity index is 912. The zero-order chi connectivity index (χ0) is 17.1. The molecule has 0 spiro atoms. The lowest BCUT2D eigenvalue weighted by Gasteiger charge is -2.06. The maximum Gasteiger partial charge on any atom is 0.197 e. The Labute approximate surface area is 129 Å². The van der Waals surface area contributed by atoms with Gasteiger partial charge in [-0.1, -0.05) is 0 Å². The lowest BCUT2D eigenvalue weighted by Crippen LogP contribution is -2.00. The van der Waals surface area contributed by atoms with Gasteiger partial charge in [0.05, 0.1) is 0 Å². The lowest BCUT2D eigenvalue weighted by molar-refractivity contribution is 0.399. The predicted octanol–water partition coefficient (Wildman–Crippen LogP) is 1.89. The topological polar surface area (TPSA) is 131 Å². The van der Waals surface area contributed by atoms with Crippen molar-refractivity contribution in [2.45, 2.75) is 0 Å². The Hall–Kier alpha value is -3.19. The van der Waals surface area contributed by atoms with E-state index in [1.807, 2.05) is 0 Å². The SMILES string of the molecule is CO.O=c1cc(-c2ccc(O)c(O)c2)oc2cc(O)cc(O)c12. The van der Waals surface area contributed by atoms with E-state index in [4.69, 9.17) is 9.52 Å². The van der Waals surface area contributed by atoms with Gasteiger partial charge in [0.1, 0.15) is 28.2 Å². The van der Waals surface area contributed by atoms with Crippen molar-refractivity contribution in [3.05, 3.63) is 46.6 Å². The molecule has 1 aromatic heterocycles. The molecule has 0 fully saturated rings. The molecule has 0 bridgehead atoms. The van der Waals surface area contributed by atoms with E-state index >= 15 is 0 Å². The molecule has 0 aliphatic heterocycles. The van der Waals surface area contributed by atoms with Crippen molar-refractivity contribution < 1.29 is 29.9 Å². The second-order valence-electron chi connectivity index (χ2n) is 4.52. The van der Waals surface area contributed by atoms with Gasteiger partial charge >= 0.3 is 0 Å². The quantitative estimate of drug-likeness (QED) is 0.433. The van der Waals surface area contributed by atoms with Crippen LogP contribution >= 0.6 is 0 Å². The molecule has 0 unspecified atom stereocenters. The standard InChI is InChI=1S/C15H10O6.CH4O/c16-8-4-11(19)15-12(20)6-13(21-14(15)5-8)7-1-2-9(17)10(18)3-7;1-2/h1-6,16-19H;2H,1H3. The molecule has 0 aliphatic rings. The fourth-order valence-corrected chi connectivity index (χ4v) is 2.07. The first kappa shape index (κ1) is 16.2. The number of benzene rings is 2. The van der Waals surface area contributed by atoms with Crippen molar-refractivity contribution in [3.8, 4) is 34.3 Å². The van der Waals surface area contributed by atoms with E-state index in [0.717, 1.165) is 19.2 Å². The van der Waals surface area contributed by atoms with Crippen molar-refractivity contribution in [3.63, 3.8) is 0 Å². The van der Waals surface area contributed by atoms with Gasteiger partial charge in [-0.2, -0.15) is 0 Å². The summed E-state index contributed by atoms with van der Waals surface area (Å²) in [7, 11) is 1.00. The maximum absolute atomic E-state index is 12.0. The van der Waals surface area contributed by atoms with Gasteiger partial charge in [0, 0.05) is 30.9 Å². The molecule has 120 valence electrons. The van der Waals surface area contributed by atoms with Crippen molar-refractivity contribution in [2.24, 2.45) is 0 Å². The molecule has 0 saturated heterocycles. The molecule has 5 N–H and O–H groups in total. The highest BCUT2D eigenvalue weighted by Crippen LogP contribution is 2.33. The van der Waals surface area contributed by atoms with Crippen LogP contribution in [-0.4, -0.2) is 32.6 Å². The van der Waals surface area contributed by atoms with Crippen LogP contribution in [0.2, 0.25) is 0 Å². The molecule has 0 saturated carbocycles. The van der Waals surface area contributed by atoms with Gasteiger partial charge in [-0.05, 0) is 18.2 Å². The van der Waals surface area contributed by atoms with Crippen molar-refractivity contribution in [1.29, 1.82) is 0 Å². The van der Waals surface area contributed by atoms with E-state index in [9.17, 15) is 25.2 Å². The third kappa shape index (κ3) is 3.04. The summed E-state index contributed by atoms with van der Waals surface area (Å²) in [4.78, 5) is 12.0. The zero-order valence-corrected chi connectivity index (χ0v) is 12.0. The molecule has 0 aliphatic carbocycles. The smallest absolute Gasteiger partial charge is 0.197 e. The molecule has 0 radical (unpaired) electrons. The van der Waals surface area contributed by atoms with Crippen LogP contribution in [0, 0.1) is 0 Å². The van der Waals surface area contributed by atoms with E-state index in [-0.39, 0.29) is 39.7 Å². The minimum absolute atomic E-state index is 0.0163. The summed E-state index contributed by atoms with van der Waals surface area (Å²) in [6.07, 6.45) is 0. The molecule has 3 aromatic rings. The molecule has 2 aromatic carbocycles. The lowest BCUT2D eigenvalue weighted by atomic mass is 10.1. The van der Waals surface area contributed by atoms with Crippen molar-refractivity contribution in [1.82, 2.24) is 0 Å². The zero-order valence-electron chi connectivity index (χ0n) is 12.0. The Morgan fingerprint density at radius 1 is 0.826 bits per heavy atom. The Morgan fingerprint density at radius 2 is 1.52 bits per heavy atom. The largest absolute Gasteiger partial charge is 0.508 e. The van der Waals surface area contributed by atoms with Crippen LogP contribution < -0.4 is 5.43 Å². The number of fused-ring (bicyclic) bond motifs is 1. The highest BCUT2D eigenvalue weighted by Gasteiger charge is 2.13. The fourth-order valence-electron chi connectivity index (χ4n) is 2.07. The summed E-state index contributed by atoms with van der Waals surface area (Å²) in [5.41, 5.74) is -0.106. The monoisotopic (exact) mass is 318 g/mol. The highest BCUT2D eigenvalue weighted by molar-refractivity contribution is 5.86. The predicted molar refractivity (Wildman–Crippen MR) is 82.7 cm³/mol. The molecule has 23 heavy (non-hydrogen) atoms. The number of rotatable bonds is 1.